The minimum Gasteiger partial charge on any atom is -0.308 e. The molecule has 0 saturated heterocycles. The van der Waals surface area contributed by atoms with Crippen molar-refractivity contribution in [1.29, 1.82) is 0 Å². The van der Waals surface area contributed by atoms with Crippen LogP contribution in [-0.4, -0.2) is 39.2 Å². The van der Waals surface area contributed by atoms with Crippen LogP contribution in [0.15, 0.2) is 30.3 Å². The number of hydrogen-bond acceptors (Lipinski definition) is 4. The molecule has 0 aliphatic rings. The summed E-state index contributed by atoms with van der Waals surface area (Å²) in [5.74, 6) is 0. The van der Waals surface area contributed by atoms with E-state index in [2.05, 4.69) is 4.72 Å². The molecular weight excluding hydrogens is 262 g/mol. The Labute approximate surface area is 115 Å². The monoisotopic (exact) mass is 285 g/mol. The molecule has 19 heavy (non-hydrogen) atoms. The molecule has 1 aromatic rings. The summed E-state index contributed by atoms with van der Waals surface area (Å²) in [7, 11) is -3.27. The lowest BCUT2D eigenvalue weighted by molar-refractivity contribution is 0.107. The SMILES string of the molecule is CCN(CC)C(N)(CNS(C)(=O)=O)c1ccccc1. The average molecular weight is 285 g/mol. The van der Waals surface area contributed by atoms with Crippen molar-refractivity contribution in [2.45, 2.75) is 19.5 Å². The lowest BCUT2D eigenvalue weighted by Gasteiger charge is -2.40. The van der Waals surface area contributed by atoms with E-state index in [1.54, 1.807) is 0 Å². The standard InChI is InChI=1S/C13H23N3O2S/c1-4-16(5-2)13(14,11-15-19(3,17)18)12-9-7-6-8-10-12/h6-10,15H,4-5,11,14H2,1-3H3. The van der Waals surface area contributed by atoms with Gasteiger partial charge in [0, 0.05) is 6.54 Å². The summed E-state index contributed by atoms with van der Waals surface area (Å²) in [4.78, 5) is 2.04. The number of sulfonamides is 1. The Morgan fingerprint density at radius 2 is 1.74 bits per heavy atom. The summed E-state index contributed by atoms with van der Waals surface area (Å²) < 4.78 is 25.2. The Kier molecular flexibility index (Phi) is 5.49. The highest BCUT2D eigenvalue weighted by Crippen LogP contribution is 2.22. The van der Waals surface area contributed by atoms with Crippen LogP contribution in [0.5, 0.6) is 0 Å². The summed E-state index contributed by atoms with van der Waals surface area (Å²) in [6.07, 6.45) is 1.14. The van der Waals surface area contributed by atoms with E-state index in [1.165, 1.54) is 0 Å². The topological polar surface area (TPSA) is 75.4 Å². The van der Waals surface area contributed by atoms with Crippen molar-refractivity contribution in [2.24, 2.45) is 5.73 Å². The van der Waals surface area contributed by atoms with Crippen molar-refractivity contribution in [2.75, 3.05) is 25.9 Å². The molecule has 108 valence electrons. The van der Waals surface area contributed by atoms with E-state index in [0.717, 1.165) is 24.9 Å². The fourth-order valence-corrected chi connectivity index (χ4v) is 2.63. The number of hydrogen-bond donors (Lipinski definition) is 2. The van der Waals surface area contributed by atoms with Crippen molar-refractivity contribution in [3.8, 4) is 0 Å². The Morgan fingerprint density at radius 3 is 2.16 bits per heavy atom. The largest absolute Gasteiger partial charge is 0.308 e. The van der Waals surface area contributed by atoms with Crippen LogP contribution >= 0.6 is 0 Å². The molecule has 1 atom stereocenters. The number of nitrogens with zero attached hydrogens (tertiary/aromatic N) is 1. The molecule has 0 fully saturated rings. The molecule has 0 aliphatic heterocycles. The maximum atomic E-state index is 11.3. The smallest absolute Gasteiger partial charge is 0.208 e. The van der Waals surface area contributed by atoms with Gasteiger partial charge in [-0.05, 0) is 18.7 Å². The number of nitrogens with one attached hydrogen (secondary N) is 1. The van der Waals surface area contributed by atoms with Crippen molar-refractivity contribution in [3.05, 3.63) is 35.9 Å². The van der Waals surface area contributed by atoms with Crippen molar-refractivity contribution < 1.29 is 8.42 Å². The first-order valence-electron chi connectivity index (χ1n) is 6.37. The van der Waals surface area contributed by atoms with Crippen molar-refractivity contribution in [3.63, 3.8) is 0 Å². The molecule has 1 unspecified atom stereocenters. The van der Waals surface area contributed by atoms with Gasteiger partial charge < -0.3 is 5.73 Å². The first kappa shape index (κ1) is 16.1. The van der Waals surface area contributed by atoms with E-state index >= 15 is 0 Å². The highest BCUT2D eigenvalue weighted by Gasteiger charge is 2.33. The molecule has 0 heterocycles. The van der Waals surface area contributed by atoms with Crippen LogP contribution in [0.4, 0.5) is 0 Å². The lowest BCUT2D eigenvalue weighted by atomic mass is 9.98. The Balaban J connectivity index is 3.10. The van der Waals surface area contributed by atoms with Crippen molar-refractivity contribution in [1.82, 2.24) is 9.62 Å². The van der Waals surface area contributed by atoms with Crippen LogP contribution in [0.25, 0.3) is 0 Å². The van der Waals surface area contributed by atoms with Gasteiger partial charge in [-0.1, -0.05) is 44.2 Å². The summed E-state index contributed by atoms with van der Waals surface area (Å²) in [5.41, 5.74) is 6.55. The fraction of sp³-hybridized carbons (Fsp3) is 0.538. The van der Waals surface area contributed by atoms with Crippen LogP contribution < -0.4 is 10.5 Å². The average Bonchev–Trinajstić information content (AvgIpc) is 2.38. The van der Waals surface area contributed by atoms with Gasteiger partial charge in [0.25, 0.3) is 0 Å². The predicted octanol–water partition coefficient (Wildman–Crippen LogP) is 0.689. The normalized spacial score (nSPS) is 15.4. The second kappa shape index (κ2) is 6.47. The van der Waals surface area contributed by atoms with Crippen molar-refractivity contribution >= 4 is 10.0 Å². The third-order valence-corrected chi connectivity index (χ3v) is 3.87. The molecule has 0 aromatic heterocycles. The Morgan fingerprint density at radius 1 is 1.21 bits per heavy atom. The molecule has 3 N–H and O–H groups in total. The van der Waals surface area contributed by atoms with E-state index in [1.807, 2.05) is 49.1 Å². The molecule has 1 rings (SSSR count). The second-order valence-corrected chi connectivity index (χ2v) is 6.39. The van der Waals surface area contributed by atoms with Gasteiger partial charge >= 0.3 is 0 Å². The molecule has 0 amide bonds. The summed E-state index contributed by atoms with van der Waals surface area (Å²) in [6.45, 7) is 5.65. The molecule has 1 aromatic carbocycles. The molecule has 6 heteroatoms. The highest BCUT2D eigenvalue weighted by molar-refractivity contribution is 7.88. The van der Waals surface area contributed by atoms with Crippen LogP contribution in [-0.2, 0) is 15.7 Å². The summed E-state index contributed by atoms with van der Waals surface area (Å²) in [5, 5.41) is 0. The van der Waals surface area contributed by atoms with Gasteiger partial charge in [0.1, 0.15) is 5.66 Å². The fourth-order valence-electron chi connectivity index (χ4n) is 2.15. The Hall–Kier alpha value is -0.950. The predicted molar refractivity (Wildman–Crippen MR) is 78.1 cm³/mol. The van der Waals surface area contributed by atoms with Gasteiger partial charge in [-0.2, -0.15) is 0 Å². The van der Waals surface area contributed by atoms with E-state index < -0.39 is 15.7 Å². The second-order valence-electron chi connectivity index (χ2n) is 4.56. The van der Waals surface area contributed by atoms with E-state index in [9.17, 15) is 8.42 Å². The van der Waals surface area contributed by atoms with E-state index in [0.29, 0.717) is 0 Å². The number of likely N-dealkylation sites (N-methyl/N-ethyl adjacent to an activating group) is 1. The van der Waals surface area contributed by atoms with Gasteiger partial charge in [0.2, 0.25) is 10.0 Å². The van der Waals surface area contributed by atoms with E-state index in [4.69, 9.17) is 5.73 Å². The molecule has 0 radical (unpaired) electrons. The first-order valence-corrected chi connectivity index (χ1v) is 8.26. The molecule has 0 spiro atoms. The highest BCUT2D eigenvalue weighted by atomic mass is 32.2. The van der Waals surface area contributed by atoms with Gasteiger partial charge in [0.15, 0.2) is 0 Å². The number of rotatable bonds is 7. The molecule has 0 saturated carbocycles. The van der Waals surface area contributed by atoms with Gasteiger partial charge in [-0.25, -0.2) is 13.1 Å². The molecular formula is C13H23N3O2S. The summed E-state index contributed by atoms with van der Waals surface area (Å²) in [6, 6.07) is 9.56. The van der Waals surface area contributed by atoms with Gasteiger partial charge in [0.05, 0.1) is 6.26 Å². The number of nitrogens with two attached hydrogens (primary N) is 1. The zero-order chi connectivity index (χ0) is 14.5. The Bertz CT molecular complexity index is 486. The third-order valence-electron chi connectivity index (χ3n) is 3.21. The lowest BCUT2D eigenvalue weighted by Crippen LogP contribution is -2.59. The molecule has 0 bridgehead atoms. The van der Waals surface area contributed by atoms with Crippen LogP contribution in [0, 0.1) is 0 Å². The maximum Gasteiger partial charge on any atom is 0.208 e. The third kappa shape index (κ3) is 4.28. The van der Waals surface area contributed by atoms with Gasteiger partial charge in [-0.15, -0.1) is 0 Å². The summed E-state index contributed by atoms with van der Waals surface area (Å²) >= 11 is 0. The number of benzene rings is 1. The maximum absolute atomic E-state index is 11.3. The van der Waals surface area contributed by atoms with Crippen LogP contribution in [0.1, 0.15) is 19.4 Å². The zero-order valence-corrected chi connectivity index (χ0v) is 12.6. The molecule has 5 nitrogen and oxygen atoms in total. The first-order chi connectivity index (χ1) is 8.83. The van der Waals surface area contributed by atoms with Gasteiger partial charge in [-0.3, -0.25) is 4.90 Å². The van der Waals surface area contributed by atoms with Crippen LogP contribution in [0.3, 0.4) is 0 Å². The quantitative estimate of drug-likeness (QED) is 0.723. The minimum absolute atomic E-state index is 0.150. The minimum atomic E-state index is -3.27. The van der Waals surface area contributed by atoms with Crippen LogP contribution in [0.2, 0.25) is 0 Å². The molecule has 0 aliphatic carbocycles. The zero-order valence-electron chi connectivity index (χ0n) is 11.8. The van der Waals surface area contributed by atoms with E-state index in [-0.39, 0.29) is 6.54 Å².